The second kappa shape index (κ2) is 6.65. The molecule has 1 aromatic carbocycles. The molecule has 92 valence electrons. The Morgan fingerprint density at radius 2 is 1.76 bits per heavy atom. The SMILES string of the molecule is CC(=O)OCOC(OC(C)=O)c1ccccc1. The lowest BCUT2D eigenvalue weighted by Gasteiger charge is -2.17. The number of rotatable bonds is 5. The zero-order valence-corrected chi connectivity index (χ0v) is 9.71. The van der Waals surface area contributed by atoms with Gasteiger partial charge in [-0.05, 0) is 0 Å². The van der Waals surface area contributed by atoms with Crippen LogP contribution in [0.3, 0.4) is 0 Å². The van der Waals surface area contributed by atoms with Crippen molar-refractivity contribution in [2.45, 2.75) is 20.1 Å². The summed E-state index contributed by atoms with van der Waals surface area (Å²) in [6.07, 6.45) is -0.868. The van der Waals surface area contributed by atoms with E-state index in [0.717, 1.165) is 0 Å². The third kappa shape index (κ3) is 5.12. The van der Waals surface area contributed by atoms with E-state index in [1.165, 1.54) is 13.8 Å². The van der Waals surface area contributed by atoms with Crippen molar-refractivity contribution in [3.63, 3.8) is 0 Å². The van der Waals surface area contributed by atoms with E-state index in [1.807, 2.05) is 6.07 Å². The van der Waals surface area contributed by atoms with Crippen LogP contribution in [0, 0.1) is 0 Å². The highest BCUT2D eigenvalue weighted by atomic mass is 16.8. The van der Waals surface area contributed by atoms with Gasteiger partial charge in [0.05, 0.1) is 0 Å². The summed E-state index contributed by atoms with van der Waals surface area (Å²) in [6, 6.07) is 8.92. The second-order valence-electron chi connectivity index (χ2n) is 3.27. The molecular weight excluding hydrogens is 224 g/mol. The van der Waals surface area contributed by atoms with E-state index in [4.69, 9.17) is 9.47 Å². The van der Waals surface area contributed by atoms with Gasteiger partial charge in [-0.3, -0.25) is 9.59 Å². The van der Waals surface area contributed by atoms with Crippen LogP contribution >= 0.6 is 0 Å². The molecule has 1 atom stereocenters. The maximum Gasteiger partial charge on any atom is 0.305 e. The van der Waals surface area contributed by atoms with E-state index < -0.39 is 18.2 Å². The van der Waals surface area contributed by atoms with Gasteiger partial charge in [0.15, 0.2) is 6.79 Å². The minimum atomic E-state index is -0.868. The largest absolute Gasteiger partial charge is 0.438 e. The average molecular weight is 238 g/mol. The Hall–Kier alpha value is -1.88. The highest BCUT2D eigenvalue weighted by molar-refractivity contribution is 5.66. The molecule has 0 spiro atoms. The van der Waals surface area contributed by atoms with Gasteiger partial charge in [-0.2, -0.15) is 0 Å². The van der Waals surface area contributed by atoms with Crippen LogP contribution in [-0.4, -0.2) is 18.7 Å². The molecule has 1 rings (SSSR count). The fourth-order valence-electron chi connectivity index (χ4n) is 1.14. The molecule has 5 heteroatoms. The monoisotopic (exact) mass is 238 g/mol. The molecule has 1 unspecified atom stereocenters. The summed E-state index contributed by atoms with van der Waals surface area (Å²) < 4.78 is 14.8. The molecule has 0 amide bonds. The molecule has 0 saturated carbocycles. The van der Waals surface area contributed by atoms with Crippen LogP contribution < -0.4 is 0 Å². The summed E-state index contributed by atoms with van der Waals surface area (Å²) in [5.74, 6) is -0.929. The van der Waals surface area contributed by atoms with Gasteiger partial charge >= 0.3 is 11.9 Å². The lowest BCUT2D eigenvalue weighted by molar-refractivity contribution is -0.204. The van der Waals surface area contributed by atoms with Gasteiger partial charge in [-0.1, -0.05) is 30.3 Å². The van der Waals surface area contributed by atoms with Crippen LogP contribution in [0.5, 0.6) is 0 Å². The molecule has 0 heterocycles. The van der Waals surface area contributed by atoms with Crippen LogP contribution in [-0.2, 0) is 23.8 Å². The van der Waals surface area contributed by atoms with Crippen molar-refractivity contribution in [1.82, 2.24) is 0 Å². The first-order valence-corrected chi connectivity index (χ1v) is 5.06. The molecule has 0 radical (unpaired) electrons. The number of hydrogen-bond acceptors (Lipinski definition) is 5. The Morgan fingerprint density at radius 1 is 1.12 bits per heavy atom. The van der Waals surface area contributed by atoms with Gasteiger partial charge in [-0.25, -0.2) is 0 Å². The standard InChI is InChI=1S/C12H14O5/c1-9(13)15-8-16-12(17-10(2)14)11-6-4-3-5-7-11/h3-7,12H,8H2,1-2H3. The lowest BCUT2D eigenvalue weighted by atomic mass is 10.2. The molecule has 0 aliphatic carbocycles. The van der Waals surface area contributed by atoms with Crippen LogP contribution in [0.15, 0.2) is 30.3 Å². The summed E-state index contributed by atoms with van der Waals surface area (Å²) >= 11 is 0. The number of benzene rings is 1. The first kappa shape index (κ1) is 13.2. The molecule has 0 saturated heterocycles. The molecule has 0 aliphatic rings. The molecular formula is C12H14O5. The molecule has 5 nitrogen and oxygen atoms in total. The summed E-state index contributed by atoms with van der Waals surface area (Å²) in [6.45, 7) is 2.29. The number of esters is 2. The van der Waals surface area contributed by atoms with Crippen molar-refractivity contribution >= 4 is 11.9 Å². The minimum absolute atomic E-state index is 0.262. The number of carbonyl (C=O) groups excluding carboxylic acids is 2. The molecule has 0 fully saturated rings. The molecule has 0 aliphatic heterocycles. The topological polar surface area (TPSA) is 61.8 Å². The van der Waals surface area contributed by atoms with E-state index in [2.05, 4.69) is 4.74 Å². The van der Waals surface area contributed by atoms with Crippen molar-refractivity contribution in [3.05, 3.63) is 35.9 Å². The lowest BCUT2D eigenvalue weighted by Crippen LogP contribution is -2.15. The van der Waals surface area contributed by atoms with Crippen molar-refractivity contribution < 1.29 is 23.8 Å². The quantitative estimate of drug-likeness (QED) is 0.578. The van der Waals surface area contributed by atoms with E-state index in [-0.39, 0.29) is 6.79 Å². The summed E-state index contributed by atoms with van der Waals surface area (Å²) in [5.41, 5.74) is 0.676. The number of hydrogen-bond donors (Lipinski definition) is 0. The van der Waals surface area contributed by atoms with Gasteiger partial charge in [0.1, 0.15) is 0 Å². The third-order valence-electron chi connectivity index (χ3n) is 1.83. The van der Waals surface area contributed by atoms with Crippen molar-refractivity contribution in [2.24, 2.45) is 0 Å². The van der Waals surface area contributed by atoms with Crippen LogP contribution in [0.2, 0.25) is 0 Å². The van der Waals surface area contributed by atoms with E-state index in [9.17, 15) is 9.59 Å². The highest BCUT2D eigenvalue weighted by Gasteiger charge is 2.15. The van der Waals surface area contributed by atoms with E-state index in [0.29, 0.717) is 5.56 Å². The fourth-order valence-corrected chi connectivity index (χ4v) is 1.14. The summed E-state index contributed by atoms with van der Waals surface area (Å²) in [7, 11) is 0. The molecule has 17 heavy (non-hydrogen) atoms. The molecule has 0 aromatic heterocycles. The number of ether oxygens (including phenoxy) is 3. The Bertz CT molecular complexity index is 374. The zero-order valence-electron chi connectivity index (χ0n) is 9.71. The van der Waals surface area contributed by atoms with Gasteiger partial charge in [0.2, 0.25) is 6.29 Å². The Morgan fingerprint density at radius 3 is 2.29 bits per heavy atom. The normalized spacial score (nSPS) is 11.6. The Balaban J connectivity index is 2.61. The van der Waals surface area contributed by atoms with Gasteiger partial charge in [0.25, 0.3) is 0 Å². The predicted octanol–water partition coefficient (Wildman–Crippen LogP) is 1.79. The predicted molar refractivity (Wildman–Crippen MR) is 58.7 cm³/mol. The summed E-state index contributed by atoms with van der Waals surface area (Å²) in [5, 5.41) is 0. The Kier molecular flexibility index (Phi) is 5.16. The molecule has 0 N–H and O–H groups in total. The van der Waals surface area contributed by atoms with Gasteiger partial charge in [-0.15, -0.1) is 0 Å². The minimum Gasteiger partial charge on any atom is -0.438 e. The van der Waals surface area contributed by atoms with Gasteiger partial charge < -0.3 is 14.2 Å². The Labute approximate surface area is 99.3 Å². The summed E-state index contributed by atoms with van der Waals surface area (Å²) in [4.78, 5) is 21.5. The second-order valence-corrected chi connectivity index (χ2v) is 3.27. The zero-order chi connectivity index (χ0) is 12.7. The molecule has 1 aromatic rings. The fraction of sp³-hybridized carbons (Fsp3) is 0.333. The van der Waals surface area contributed by atoms with E-state index in [1.54, 1.807) is 24.3 Å². The first-order chi connectivity index (χ1) is 8.09. The maximum atomic E-state index is 10.9. The van der Waals surface area contributed by atoms with Crippen molar-refractivity contribution in [1.29, 1.82) is 0 Å². The average Bonchev–Trinajstić information content (AvgIpc) is 2.28. The molecule has 0 bridgehead atoms. The van der Waals surface area contributed by atoms with Gasteiger partial charge in [0, 0.05) is 19.4 Å². The van der Waals surface area contributed by atoms with Crippen LogP contribution in [0.25, 0.3) is 0 Å². The maximum absolute atomic E-state index is 10.9. The third-order valence-corrected chi connectivity index (χ3v) is 1.83. The van der Waals surface area contributed by atoms with Crippen LogP contribution in [0.4, 0.5) is 0 Å². The van der Waals surface area contributed by atoms with Crippen LogP contribution in [0.1, 0.15) is 25.7 Å². The highest BCUT2D eigenvalue weighted by Crippen LogP contribution is 2.18. The first-order valence-electron chi connectivity index (χ1n) is 5.06. The van der Waals surface area contributed by atoms with Crippen molar-refractivity contribution in [2.75, 3.05) is 6.79 Å². The van der Waals surface area contributed by atoms with Crippen molar-refractivity contribution in [3.8, 4) is 0 Å². The van der Waals surface area contributed by atoms with E-state index >= 15 is 0 Å². The smallest absolute Gasteiger partial charge is 0.305 e. The number of carbonyl (C=O) groups is 2.